The first-order chi connectivity index (χ1) is 50.9. The predicted molar refractivity (Wildman–Crippen MR) is 432 cm³/mol. The van der Waals surface area contributed by atoms with Gasteiger partial charge in [0.15, 0.2) is 12.2 Å². The fourth-order valence-corrected chi connectivity index (χ4v) is 15.0. The van der Waals surface area contributed by atoms with E-state index in [0.717, 1.165) is 108 Å². The Bertz CT molecular complexity index is 2010. The number of phosphoric ester groups is 2. The van der Waals surface area contributed by atoms with Gasteiger partial charge in [-0.15, -0.1) is 0 Å². The van der Waals surface area contributed by atoms with E-state index in [4.69, 9.17) is 37.0 Å². The van der Waals surface area contributed by atoms with Crippen LogP contribution >= 0.6 is 15.6 Å². The molecule has 0 aliphatic carbocycles. The van der Waals surface area contributed by atoms with Gasteiger partial charge in [-0.05, 0) is 37.5 Å². The lowest BCUT2D eigenvalue weighted by molar-refractivity contribution is -0.161. The molecular weight excluding hydrogens is 1370 g/mol. The number of unbranched alkanes of at least 4 members (excludes halogenated alkanes) is 54. The maximum atomic E-state index is 13.1. The van der Waals surface area contributed by atoms with Crippen LogP contribution in [0.4, 0.5) is 0 Å². The molecule has 0 aliphatic heterocycles. The van der Waals surface area contributed by atoms with Gasteiger partial charge in [0, 0.05) is 25.7 Å². The molecule has 105 heavy (non-hydrogen) atoms. The molecule has 624 valence electrons. The van der Waals surface area contributed by atoms with Crippen LogP contribution < -0.4 is 0 Å². The van der Waals surface area contributed by atoms with Crippen molar-refractivity contribution in [1.29, 1.82) is 0 Å². The van der Waals surface area contributed by atoms with Crippen molar-refractivity contribution in [3.8, 4) is 0 Å². The number of carbonyl (C=O) groups excluding carboxylic acids is 4. The lowest BCUT2D eigenvalue weighted by Gasteiger charge is -2.21. The zero-order valence-corrected chi connectivity index (χ0v) is 70.8. The normalized spacial score (nSPS) is 14.1. The van der Waals surface area contributed by atoms with Crippen molar-refractivity contribution in [2.24, 2.45) is 11.8 Å². The summed E-state index contributed by atoms with van der Waals surface area (Å²) in [5.74, 6) is -0.566. The van der Waals surface area contributed by atoms with Crippen molar-refractivity contribution in [2.75, 3.05) is 39.6 Å². The van der Waals surface area contributed by atoms with E-state index in [1.807, 2.05) is 0 Å². The summed E-state index contributed by atoms with van der Waals surface area (Å²) in [4.78, 5) is 73.2. The molecule has 0 heterocycles. The molecule has 0 saturated heterocycles. The second-order valence-electron chi connectivity index (χ2n) is 31.6. The molecule has 19 heteroatoms. The SMILES string of the molecule is CCCCCCCCCCCCCCCCCCCCCCCCC(=O)O[C@H](COC(=O)CCCCCCCCCCCCCCCCCC(C)C)COP(=O)(O)OC[C@@H](O)COP(=O)(O)OC[C@@H](COC(=O)CCCCCCCCC(C)CC)OC(=O)CCCCCCCCCCCCCCCCC. The number of aliphatic hydroxyl groups excluding tert-OH is 1. The van der Waals surface area contributed by atoms with Gasteiger partial charge in [0.1, 0.15) is 19.3 Å². The second-order valence-corrected chi connectivity index (χ2v) is 34.6. The third-order valence-electron chi connectivity index (χ3n) is 20.6. The molecule has 0 aliphatic rings. The number of ether oxygens (including phenoxy) is 4. The Morgan fingerprint density at radius 3 is 0.724 bits per heavy atom. The second kappa shape index (κ2) is 77.4. The minimum atomic E-state index is -4.97. The van der Waals surface area contributed by atoms with Crippen molar-refractivity contribution in [3.63, 3.8) is 0 Å². The van der Waals surface area contributed by atoms with Crippen LogP contribution in [0.3, 0.4) is 0 Å². The molecular formula is C86H168O17P2. The molecule has 0 spiro atoms. The topological polar surface area (TPSA) is 237 Å². The summed E-state index contributed by atoms with van der Waals surface area (Å²) in [7, 11) is -9.93. The number of hydrogen-bond acceptors (Lipinski definition) is 15. The molecule has 0 radical (unpaired) electrons. The Hall–Kier alpha value is -1.94. The molecule has 0 saturated carbocycles. The monoisotopic (exact) mass is 1540 g/mol. The van der Waals surface area contributed by atoms with Crippen LogP contribution in [0.5, 0.6) is 0 Å². The summed E-state index contributed by atoms with van der Waals surface area (Å²) in [6.45, 7) is 9.66. The molecule has 17 nitrogen and oxygen atoms in total. The summed E-state index contributed by atoms with van der Waals surface area (Å²) < 4.78 is 68.9. The van der Waals surface area contributed by atoms with Crippen LogP contribution in [0.2, 0.25) is 0 Å². The van der Waals surface area contributed by atoms with Gasteiger partial charge in [-0.2, -0.15) is 0 Å². The standard InChI is InChI=1S/C86H168O17P2/c1-7-10-12-14-16-18-20-22-24-25-26-27-28-29-30-34-39-43-47-51-59-65-70-85(90)102-81(74-96-83(88)68-62-56-49-45-41-37-35-31-33-36-40-44-48-54-60-66-78(4)5)76-100-104(92,93)98-72-80(87)73-99-105(94,95)101-77-82(75-97-84(89)69-63-57-53-52-55-61-67-79(6)9-3)103-86(91)71-64-58-50-46-42-38-32-23-21-19-17-15-13-11-8-2/h78-82,87H,7-77H2,1-6H3,(H,92,93)(H,94,95)/t79?,80-,81-,82-/m1/s1. The highest BCUT2D eigenvalue weighted by Gasteiger charge is 2.30. The van der Waals surface area contributed by atoms with Crippen molar-refractivity contribution >= 4 is 39.5 Å². The number of phosphoric acid groups is 2. The Balaban J connectivity index is 5.22. The zero-order valence-electron chi connectivity index (χ0n) is 69.0. The molecule has 3 unspecified atom stereocenters. The molecule has 6 atom stereocenters. The van der Waals surface area contributed by atoms with E-state index in [9.17, 15) is 43.2 Å². The smallest absolute Gasteiger partial charge is 0.462 e. The van der Waals surface area contributed by atoms with E-state index in [1.54, 1.807) is 0 Å². The Morgan fingerprint density at radius 2 is 0.486 bits per heavy atom. The molecule has 0 bridgehead atoms. The van der Waals surface area contributed by atoms with Crippen LogP contribution in [0.25, 0.3) is 0 Å². The van der Waals surface area contributed by atoms with Crippen molar-refractivity contribution in [3.05, 3.63) is 0 Å². The van der Waals surface area contributed by atoms with Crippen LogP contribution in [0.15, 0.2) is 0 Å². The first-order valence-corrected chi connectivity index (χ1v) is 47.5. The van der Waals surface area contributed by atoms with Gasteiger partial charge in [0.2, 0.25) is 0 Å². The van der Waals surface area contributed by atoms with E-state index in [-0.39, 0.29) is 25.7 Å². The average Bonchev–Trinajstić information content (AvgIpc) is 0.927. The van der Waals surface area contributed by atoms with E-state index in [1.165, 1.54) is 270 Å². The molecule has 0 fully saturated rings. The van der Waals surface area contributed by atoms with E-state index in [2.05, 4.69) is 41.5 Å². The summed E-state index contributed by atoms with van der Waals surface area (Å²) >= 11 is 0. The number of esters is 4. The highest BCUT2D eigenvalue weighted by Crippen LogP contribution is 2.45. The fourth-order valence-electron chi connectivity index (χ4n) is 13.4. The molecule has 0 amide bonds. The predicted octanol–water partition coefficient (Wildman–Crippen LogP) is 26.2. The fraction of sp³-hybridized carbons (Fsp3) is 0.953. The van der Waals surface area contributed by atoms with Crippen LogP contribution in [0, 0.1) is 11.8 Å². The summed E-state index contributed by atoms with van der Waals surface area (Å²) in [6.07, 6.45) is 69.5. The number of hydrogen-bond donors (Lipinski definition) is 3. The molecule has 0 aromatic heterocycles. The van der Waals surface area contributed by atoms with Crippen LogP contribution in [-0.4, -0.2) is 96.7 Å². The van der Waals surface area contributed by atoms with Crippen molar-refractivity contribution in [2.45, 2.75) is 477 Å². The lowest BCUT2D eigenvalue weighted by Crippen LogP contribution is -2.30. The number of aliphatic hydroxyl groups is 1. The van der Waals surface area contributed by atoms with Gasteiger partial charge in [-0.25, -0.2) is 9.13 Å². The van der Waals surface area contributed by atoms with E-state index in [0.29, 0.717) is 25.7 Å². The largest absolute Gasteiger partial charge is 0.472 e. The maximum absolute atomic E-state index is 13.1. The third-order valence-corrected chi connectivity index (χ3v) is 22.5. The molecule has 0 aromatic carbocycles. The zero-order chi connectivity index (χ0) is 77.1. The van der Waals surface area contributed by atoms with Gasteiger partial charge in [0.25, 0.3) is 0 Å². The maximum Gasteiger partial charge on any atom is 0.472 e. The van der Waals surface area contributed by atoms with Crippen LogP contribution in [0.1, 0.15) is 459 Å². The van der Waals surface area contributed by atoms with Gasteiger partial charge in [-0.3, -0.25) is 37.3 Å². The Labute approximate surface area is 645 Å². The van der Waals surface area contributed by atoms with Gasteiger partial charge in [0.05, 0.1) is 26.4 Å². The van der Waals surface area contributed by atoms with E-state index < -0.39 is 97.5 Å². The van der Waals surface area contributed by atoms with E-state index >= 15 is 0 Å². The van der Waals surface area contributed by atoms with Gasteiger partial charge < -0.3 is 33.8 Å². The summed E-state index contributed by atoms with van der Waals surface area (Å²) in [5, 5.41) is 10.7. The highest BCUT2D eigenvalue weighted by molar-refractivity contribution is 7.47. The van der Waals surface area contributed by atoms with Crippen LogP contribution in [-0.2, 0) is 65.4 Å². The summed E-state index contributed by atoms with van der Waals surface area (Å²) in [5.41, 5.74) is 0. The summed E-state index contributed by atoms with van der Waals surface area (Å²) in [6, 6.07) is 0. The van der Waals surface area contributed by atoms with Gasteiger partial charge >= 0.3 is 39.5 Å². The lowest BCUT2D eigenvalue weighted by atomic mass is 10.00. The number of rotatable bonds is 85. The quantitative estimate of drug-likeness (QED) is 0.0222. The number of carbonyl (C=O) groups is 4. The Kier molecular flexibility index (Phi) is 76.0. The van der Waals surface area contributed by atoms with Gasteiger partial charge in [-0.1, -0.05) is 408 Å². The molecule has 0 aromatic rings. The first-order valence-electron chi connectivity index (χ1n) is 44.5. The Morgan fingerprint density at radius 1 is 0.276 bits per heavy atom. The molecule has 0 rings (SSSR count). The highest BCUT2D eigenvalue weighted by atomic mass is 31.2. The average molecular weight is 1540 g/mol. The van der Waals surface area contributed by atoms with Crippen molar-refractivity contribution < 1.29 is 80.2 Å². The molecule has 3 N–H and O–H groups in total. The minimum absolute atomic E-state index is 0.108. The third kappa shape index (κ3) is 78.5. The van der Waals surface area contributed by atoms with Crippen molar-refractivity contribution in [1.82, 2.24) is 0 Å². The minimum Gasteiger partial charge on any atom is -0.462 e. The first kappa shape index (κ1) is 103.